The van der Waals surface area contributed by atoms with Gasteiger partial charge in [-0.05, 0) is 41.5 Å². The number of nitrogens with zero attached hydrogens (tertiary/aromatic N) is 4. The van der Waals surface area contributed by atoms with Gasteiger partial charge in [-0.3, -0.25) is 9.59 Å². The van der Waals surface area contributed by atoms with E-state index in [0.29, 0.717) is 17.1 Å². The first-order valence-electron chi connectivity index (χ1n) is 10.3. The number of hydrogen-bond acceptors (Lipinski definition) is 5. The molecule has 7 nitrogen and oxygen atoms in total. The Kier molecular flexibility index (Phi) is 4.48. The molecule has 3 heterocycles. The van der Waals surface area contributed by atoms with Gasteiger partial charge in [0.15, 0.2) is 0 Å². The Morgan fingerprint density at radius 1 is 0.818 bits per heavy atom. The maximum Gasteiger partial charge on any atom is 0.268 e. The Hall–Kier alpha value is -4.04. The second kappa shape index (κ2) is 7.53. The van der Waals surface area contributed by atoms with Crippen LogP contribution in [0.3, 0.4) is 0 Å². The molecule has 0 radical (unpaired) electrons. The molecule has 0 fully saturated rings. The van der Waals surface area contributed by atoms with Crippen molar-refractivity contribution in [2.75, 3.05) is 10.2 Å². The van der Waals surface area contributed by atoms with Gasteiger partial charge in [-0.1, -0.05) is 70.5 Å². The Labute approximate surface area is 197 Å². The van der Waals surface area contributed by atoms with Crippen LogP contribution in [0, 0.1) is 0 Å². The summed E-state index contributed by atoms with van der Waals surface area (Å²) in [5.41, 5.74) is 3.57. The van der Waals surface area contributed by atoms with Crippen LogP contribution in [-0.2, 0) is 0 Å². The molecule has 4 aromatic rings. The number of hydrogen-bond donors (Lipinski definition) is 1. The summed E-state index contributed by atoms with van der Waals surface area (Å²) in [5.74, 6) is -0.335. The normalized spacial score (nSPS) is 16.8. The van der Waals surface area contributed by atoms with Crippen LogP contribution in [-0.4, -0.2) is 26.6 Å². The SMILES string of the molecule is O=C1c2ccccc2C(=O)N1c1nc2n(n1)[C@H](c1ccccc1)C=C(c1ccc(Br)cc1)N2. The Morgan fingerprint density at radius 2 is 1.45 bits per heavy atom. The fourth-order valence-electron chi connectivity index (χ4n) is 4.13. The molecule has 0 bridgehead atoms. The van der Waals surface area contributed by atoms with Gasteiger partial charge in [-0.15, -0.1) is 5.10 Å². The van der Waals surface area contributed by atoms with Crippen LogP contribution in [0.25, 0.3) is 5.70 Å². The molecule has 3 aromatic carbocycles. The van der Waals surface area contributed by atoms with E-state index in [0.717, 1.165) is 26.2 Å². The van der Waals surface area contributed by atoms with E-state index in [1.54, 1.807) is 28.9 Å². The second-order valence-corrected chi connectivity index (χ2v) is 8.65. The van der Waals surface area contributed by atoms with E-state index in [9.17, 15) is 9.59 Å². The van der Waals surface area contributed by atoms with Crippen molar-refractivity contribution in [2.45, 2.75) is 6.04 Å². The smallest absolute Gasteiger partial charge is 0.268 e. The zero-order valence-corrected chi connectivity index (χ0v) is 18.7. The predicted octanol–water partition coefficient (Wildman–Crippen LogP) is 4.90. The maximum absolute atomic E-state index is 13.0. The van der Waals surface area contributed by atoms with Gasteiger partial charge in [0.1, 0.15) is 6.04 Å². The lowest BCUT2D eigenvalue weighted by molar-refractivity contribution is 0.0924. The molecule has 0 aliphatic carbocycles. The number of carbonyl (C=O) groups excluding carboxylic acids is 2. The Balaban J connectivity index is 1.45. The van der Waals surface area contributed by atoms with Gasteiger partial charge in [-0.25, -0.2) is 9.58 Å². The zero-order valence-electron chi connectivity index (χ0n) is 17.1. The number of anilines is 2. The number of halogens is 1. The summed E-state index contributed by atoms with van der Waals surface area (Å²) in [5, 5.41) is 7.90. The summed E-state index contributed by atoms with van der Waals surface area (Å²) in [6.07, 6.45) is 2.06. The average molecular weight is 498 g/mol. The molecule has 0 unspecified atom stereocenters. The van der Waals surface area contributed by atoms with Crippen molar-refractivity contribution in [3.63, 3.8) is 0 Å². The zero-order chi connectivity index (χ0) is 22.5. The van der Waals surface area contributed by atoms with Gasteiger partial charge in [-0.2, -0.15) is 4.98 Å². The van der Waals surface area contributed by atoms with Crippen LogP contribution in [0.1, 0.15) is 37.9 Å². The van der Waals surface area contributed by atoms with Crippen LogP contribution >= 0.6 is 15.9 Å². The van der Waals surface area contributed by atoms with Crippen molar-refractivity contribution in [1.82, 2.24) is 14.8 Å². The topological polar surface area (TPSA) is 80.1 Å². The van der Waals surface area contributed by atoms with E-state index in [1.807, 2.05) is 54.6 Å². The predicted molar refractivity (Wildman–Crippen MR) is 128 cm³/mol. The summed E-state index contributed by atoms with van der Waals surface area (Å²) in [7, 11) is 0. The third-order valence-electron chi connectivity index (χ3n) is 5.74. The number of benzene rings is 3. The third-order valence-corrected chi connectivity index (χ3v) is 6.27. The van der Waals surface area contributed by atoms with Crippen molar-refractivity contribution in [2.24, 2.45) is 0 Å². The average Bonchev–Trinajstić information content (AvgIpc) is 3.38. The highest BCUT2D eigenvalue weighted by atomic mass is 79.9. The molecule has 6 rings (SSSR count). The third kappa shape index (κ3) is 3.18. The summed E-state index contributed by atoms with van der Waals surface area (Å²) in [6.45, 7) is 0. The molecule has 1 aromatic heterocycles. The van der Waals surface area contributed by atoms with Crippen molar-refractivity contribution in [1.29, 1.82) is 0 Å². The molecule has 1 N–H and O–H groups in total. The number of amides is 2. The first-order valence-corrected chi connectivity index (χ1v) is 11.1. The summed E-state index contributed by atoms with van der Waals surface area (Å²) >= 11 is 3.47. The molecule has 8 heteroatoms. The highest BCUT2D eigenvalue weighted by molar-refractivity contribution is 9.10. The first kappa shape index (κ1) is 19.6. The van der Waals surface area contributed by atoms with E-state index in [1.165, 1.54) is 0 Å². The number of rotatable bonds is 3. The molecule has 33 heavy (non-hydrogen) atoms. The number of carbonyl (C=O) groups is 2. The molecule has 2 amide bonds. The molecular weight excluding hydrogens is 482 g/mol. The minimum absolute atomic E-state index is 0.0510. The monoisotopic (exact) mass is 497 g/mol. The first-order chi connectivity index (χ1) is 16.1. The molecular formula is C25H16BrN5O2. The molecule has 1 atom stereocenters. The Morgan fingerprint density at radius 3 is 2.12 bits per heavy atom. The molecule has 0 saturated heterocycles. The summed E-state index contributed by atoms with van der Waals surface area (Å²) in [4.78, 5) is 31.5. The summed E-state index contributed by atoms with van der Waals surface area (Å²) < 4.78 is 2.69. The van der Waals surface area contributed by atoms with Gasteiger partial charge in [0.2, 0.25) is 5.95 Å². The standard InChI is InChI=1S/C25H16BrN5O2/c26-17-12-10-15(11-13-17)20-14-21(16-6-2-1-3-7-16)31-24(27-20)28-25(29-31)30-22(32)18-8-4-5-9-19(18)23(30)33/h1-14,21H,(H,27,28,29)/t21-/m0/s1. The van der Waals surface area contributed by atoms with Gasteiger partial charge in [0, 0.05) is 10.2 Å². The van der Waals surface area contributed by atoms with E-state index in [-0.39, 0.29) is 12.0 Å². The van der Waals surface area contributed by atoms with Crippen LogP contribution in [0.15, 0.2) is 89.4 Å². The lowest BCUT2D eigenvalue weighted by atomic mass is 10.0. The quantitative estimate of drug-likeness (QED) is 0.407. The van der Waals surface area contributed by atoms with Crippen molar-refractivity contribution < 1.29 is 9.59 Å². The van der Waals surface area contributed by atoms with Gasteiger partial charge in [0.25, 0.3) is 17.8 Å². The van der Waals surface area contributed by atoms with Gasteiger partial charge < -0.3 is 5.32 Å². The summed E-state index contributed by atoms with van der Waals surface area (Å²) in [6, 6.07) is 24.3. The van der Waals surface area contributed by atoms with E-state index >= 15 is 0 Å². The molecule has 160 valence electrons. The van der Waals surface area contributed by atoms with E-state index in [2.05, 4.69) is 37.4 Å². The maximum atomic E-state index is 13.0. The van der Waals surface area contributed by atoms with Crippen LogP contribution in [0.5, 0.6) is 0 Å². The van der Waals surface area contributed by atoms with Crippen molar-refractivity contribution >= 4 is 45.3 Å². The van der Waals surface area contributed by atoms with Gasteiger partial charge in [0.05, 0.1) is 11.1 Å². The minimum atomic E-state index is -0.420. The second-order valence-electron chi connectivity index (χ2n) is 7.74. The van der Waals surface area contributed by atoms with Crippen LogP contribution < -0.4 is 10.2 Å². The molecule has 0 saturated carbocycles. The van der Waals surface area contributed by atoms with Crippen molar-refractivity contribution in [3.8, 4) is 0 Å². The highest BCUT2D eigenvalue weighted by Crippen LogP contribution is 2.35. The van der Waals surface area contributed by atoms with E-state index < -0.39 is 11.8 Å². The number of aromatic nitrogens is 3. The van der Waals surface area contributed by atoms with E-state index in [4.69, 9.17) is 0 Å². The van der Waals surface area contributed by atoms with Crippen molar-refractivity contribution in [3.05, 3.63) is 112 Å². The van der Waals surface area contributed by atoms with Crippen LogP contribution in [0.2, 0.25) is 0 Å². The van der Waals surface area contributed by atoms with Crippen LogP contribution in [0.4, 0.5) is 11.9 Å². The fraction of sp³-hybridized carbons (Fsp3) is 0.0400. The minimum Gasteiger partial charge on any atom is -0.324 e. The molecule has 2 aliphatic rings. The highest BCUT2D eigenvalue weighted by Gasteiger charge is 2.40. The lowest BCUT2D eigenvalue weighted by Gasteiger charge is -2.24. The number of nitrogens with one attached hydrogen (secondary N) is 1. The fourth-order valence-corrected chi connectivity index (χ4v) is 4.40. The van der Waals surface area contributed by atoms with Gasteiger partial charge >= 0.3 is 0 Å². The molecule has 2 aliphatic heterocycles. The largest absolute Gasteiger partial charge is 0.324 e. The number of allylic oxidation sites excluding steroid dienone is 1. The Bertz CT molecular complexity index is 1410. The molecule has 0 spiro atoms. The number of fused-ring (bicyclic) bond motifs is 2. The lowest BCUT2D eigenvalue weighted by Crippen LogP contribution is -2.30. The number of imide groups is 1.